The highest BCUT2D eigenvalue weighted by Gasteiger charge is 2.30. The number of methoxy groups -OCH3 is 1. The van der Waals surface area contributed by atoms with Crippen molar-refractivity contribution in [2.24, 2.45) is 0 Å². The average molecular weight is 288 g/mol. The van der Waals surface area contributed by atoms with Gasteiger partial charge in [0.25, 0.3) is 0 Å². The zero-order valence-electron chi connectivity index (χ0n) is 12.1. The predicted octanol–water partition coefficient (Wildman–Crippen LogP) is 4.47. The van der Waals surface area contributed by atoms with Crippen molar-refractivity contribution < 1.29 is 4.74 Å². The molecule has 0 saturated heterocycles. The van der Waals surface area contributed by atoms with Crippen LogP contribution in [0.5, 0.6) is 0 Å². The molecule has 4 heteroatoms. The Morgan fingerprint density at radius 3 is 2.40 bits per heavy atom. The topological polar surface area (TPSA) is 37.9 Å². The second-order valence-corrected chi connectivity index (χ2v) is 5.17. The van der Waals surface area contributed by atoms with Crippen molar-refractivity contribution >= 4 is 12.2 Å². The van der Waals surface area contributed by atoms with Crippen molar-refractivity contribution in [2.75, 3.05) is 7.11 Å². The number of nitrogens with one attached hydrogen (secondary N) is 1. The molecular formula is C16H20N2OS. The lowest BCUT2D eigenvalue weighted by molar-refractivity contribution is -0.0291. The molecule has 1 heterocycles. The molecule has 1 N–H and O–H groups in total. The van der Waals surface area contributed by atoms with E-state index < -0.39 is 5.60 Å². The molecule has 0 atom stereocenters. The summed E-state index contributed by atoms with van der Waals surface area (Å²) in [6.45, 7) is 4.20. The number of H-pyrrole nitrogens is 1. The first kappa shape index (κ1) is 14.9. The van der Waals surface area contributed by atoms with E-state index in [9.17, 15) is 0 Å². The van der Waals surface area contributed by atoms with Crippen LogP contribution >= 0.6 is 12.2 Å². The van der Waals surface area contributed by atoms with E-state index in [-0.39, 0.29) is 0 Å². The van der Waals surface area contributed by atoms with Crippen LogP contribution in [0.2, 0.25) is 0 Å². The molecule has 0 radical (unpaired) electrons. The summed E-state index contributed by atoms with van der Waals surface area (Å²) in [6, 6.07) is 12.0. The van der Waals surface area contributed by atoms with Crippen LogP contribution in [0.1, 0.15) is 32.5 Å². The van der Waals surface area contributed by atoms with Gasteiger partial charge < -0.3 is 9.72 Å². The van der Waals surface area contributed by atoms with Crippen LogP contribution in [0.15, 0.2) is 36.4 Å². The van der Waals surface area contributed by atoms with Gasteiger partial charge in [0, 0.05) is 12.8 Å². The monoisotopic (exact) mass is 288 g/mol. The van der Waals surface area contributed by atoms with Gasteiger partial charge in [-0.05, 0) is 24.5 Å². The van der Waals surface area contributed by atoms with Crippen LogP contribution in [-0.2, 0) is 10.3 Å². The number of ether oxygens (including phenoxy) is 1. The number of benzene rings is 1. The lowest BCUT2D eigenvalue weighted by Crippen LogP contribution is -2.29. The first-order chi connectivity index (χ1) is 9.65. The smallest absolute Gasteiger partial charge is 0.140 e. The highest BCUT2D eigenvalue weighted by Crippen LogP contribution is 2.31. The minimum absolute atomic E-state index is 0.404. The fourth-order valence-electron chi connectivity index (χ4n) is 2.42. The van der Waals surface area contributed by atoms with Crippen LogP contribution in [0.25, 0.3) is 11.3 Å². The summed E-state index contributed by atoms with van der Waals surface area (Å²) >= 11 is 5.31. The first-order valence-corrected chi connectivity index (χ1v) is 7.28. The Morgan fingerprint density at radius 2 is 1.85 bits per heavy atom. The van der Waals surface area contributed by atoms with Crippen LogP contribution < -0.4 is 0 Å². The number of hydrogen-bond donors (Lipinski definition) is 1. The number of nitrogens with zero attached hydrogens (tertiary/aromatic N) is 1. The van der Waals surface area contributed by atoms with Gasteiger partial charge in [-0.1, -0.05) is 56.4 Å². The molecule has 106 valence electrons. The van der Waals surface area contributed by atoms with E-state index in [0.29, 0.717) is 4.64 Å². The third-order valence-electron chi connectivity index (χ3n) is 3.79. The Labute approximate surface area is 125 Å². The minimum Gasteiger partial charge on any atom is -0.370 e. The van der Waals surface area contributed by atoms with Crippen molar-refractivity contribution in [3.8, 4) is 11.3 Å². The van der Waals surface area contributed by atoms with Crippen molar-refractivity contribution in [1.82, 2.24) is 9.97 Å². The van der Waals surface area contributed by atoms with Gasteiger partial charge in [-0.2, -0.15) is 0 Å². The fraction of sp³-hybridized carbons (Fsp3) is 0.375. The lowest BCUT2D eigenvalue weighted by atomic mass is 9.95. The first-order valence-electron chi connectivity index (χ1n) is 6.87. The summed E-state index contributed by atoms with van der Waals surface area (Å²) in [5, 5.41) is 0. The number of aromatic amines is 1. The van der Waals surface area contributed by atoms with Crippen molar-refractivity contribution in [3.63, 3.8) is 0 Å². The summed E-state index contributed by atoms with van der Waals surface area (Å²) in [7, 11) is 1.72. The summed E-state index contributed by atoms with van der Waals surface area (Å²) in [5.41, 5.74) is 1.67. The molecule has 1 aromatic carbocycles. The van der Waals surface area contributed by atoms with Crippen LogP contribution in [-0.4, -0.2) is 17.1 Å². The molecular weight excluding hydrogens is 268 g/mol. The number of aromatic nitrogens is 2. The van der Waals surface area contributed by atoms with E-state index >= 15 is 0 Å². The van der Waals surface area contributed by atoms with Gasteiger partial charge in [0.2, 0.25) is 0 Å². The Bertz CT molecular complexity index is 610. The molecule has 0 unspecified atom stereocenters. The SMILES string of the molecule is CCC(CC)(OC)c1nc(=S)cc(-c2ccccc2)[nH]1. The van der Waals surface area contributed by atoms with Gasteiger partial charge in [-0.25, -0.2) is 4.98 Å². The van der Waals surface area contributed by atoms with E-state index in [1.807, 2.05) is 24.3 Å². The van der Waals surface area contributed by atoms with Crippen LogP contribution in [0, 0.1) is 4.64 Å². The van der Waals surface area contributed by atoms with Crippen LogP contribution in [0.3, 0.4) is 0 Å². The molecule has 0 aliphatic carbocycles. The predicted molar refractivity (Wildman–Crippen MR) is 84.1 cm³/mol. The standard InChI is InChI=1S/C16H20N2OS/c1-4-16(5-2,19-3)15-17-13(11-14(20)18-15)12-9-7-6-8-10-12/h6-11H,4-5H2,1-3H3,(H,17,18,20). The van der Waals surface area contributed by atoms with E-state index in [0.717, 1.165) is 29.9 Å². The fourth-order valence-corrected chi connectivity index (χ4v) is 2.63. The van der Waals surface area contributed by atoms with E-state index in [1.165, 1.54) is 0 Å². The zero-order valence-corrected chi connectivity index (χ0v) is 13.0. The zero-order chi connectivity index (χ0) is 14.6. The maximum Gasteiger partial charge on any atom is 0.140 e. The molecule has 0 amide bonds. The quantitative estimate of drug-likeness (QED) is 0.825. The molecule has 0 fully saturated rings. The van der Waals surface area contributed by atoms with Crippen molar-refractivity contribution in [1.29, 1.82) is 0 Å². The Balaban J connectivity index is 2.57. The third-order valence-corrected chi connectivity index (χ3v) is 4.00. The highest BCUT2D eigenvalue weighted by molar-refractivity contribution is 7.71. The molecule has 0 aliphatic rings. The maximum absolute atomic E-state index is 5.73. The molecule has 1 aromatic heterocycles. The van der Waals surface area contributed by atoms with Gasteiger partial charge in [0.05, 0.1) is 0 Å². The van der Waals surface area contributed by atoms with Gasteiger partial charge in [-0.3, -0.25) is 0 Å². The summed E-state index contributed by atoms with van der Waals surface area (Å²) < 4.78 is 6.31. The molecule has 0 bridgehead atoms. The van der Waals surface area contributed by atoms with Gasteiger partial charge in [-0.15, -0.1) is 0 Å². The molecule has 0 saturated carbocycles. The molecule has 0 spiro atoms. The number of rotatable bonds is 5. The normalized spacial score (nSPS) is 11.6. The summed E-state index contributed by atoms with van der Waals surface area (Å²) in [4.78, 5) is 7.87. The molecule has 20 heavy (non-hydrogen) atoms. The van der Waals surface area contributed by atoms with E-state index in [2.05, 4.69) is 35.9 Å². The third kappa shape index (κ3) is 2.81. The highest BCUT2D eigenvalue weighted by atomic mass is 32.1. The number of hydrogen-bond acceptors (Lipinski definition) is 3. The van der Waals surface area contributed by atoms with Gasteiger partial charge in [0.15, 0.2) is 0 Å². The van der Waals surface area contributed by atoms with Crippen LogP contribution in [0.4, 0.5) is 0 Å². The van der Waals surface area contributed by atoms with E-state index in [1.54, 1.807) is 7.11 Å². The van der Waals surface area contributed by atoms with E-state index in [4.69, 9.17) is 17.0 Å². The molecule has 0 aliphatic heterocycles. The molecule has 2 rings (SSSR count). The minimum atomic E-state index is -0.404. The Morgan fingerprint density at radius 1 is 1.20 bits per heavy atom. The second-order valence-electron chi connectivity index (χ2n) is 4.75. The lowest BCUT2D eigenvalue weighted by Gasteiger charge is -2.29. The Hall–Kier alpha value is -1.52. The molecule has 2 aromatic rings. The summed E-state index contributed by atoms with van der Waals surface area (Å²) in [5.74, 6) is 0.802. The average Bonchev–Trinajstić information content (AvgIpc) is 2.50. The largest absolute Gasteiger partial charge is 0.370 e. The van der Waals surface area contributed by atoms with Crippen molar-refractivity contribution in [3.05, 3.63) is 46.9 Å². The second kappa shape index (κ2) is 6.29. The maximum atomic E-state index is 5.73. The van der Waals surface area contributed by atoms with Gasteiger partial charge in [0.1, 0.15) is 16.1 Å². The summed E-state index contributed by atoms with van der Waals surface area (Å²) in [6.07, 6.45) is 1.69. The Kier molecular flexibility index (Phi) is 4.68. The molecule has 3 nitrogen and oxygen atoms in total. The van der Waals surface area contributed by atoms with Gasteiger partial charge >= 0.3 is 0 Å². The van der Waals surface area contributed by atoms with Crippen molar-refractivity contribution in [2.45, 2.75) is 32.3 Å².